The molecule has 1 aliphatic rings. The summed E-state index contributed by atoms with van der Waals surface area (Å²) in [5, 5.41) is 0. The Balaban J connectivity index is 2.63. The van der Waals surface area contributed by atoms with Gasteiger partial charge in [0.2, 0.25) is 0 Å². The molecule has 1 rings (SSSR count). The Morgan fingerprint density at radius 2 is 1.69 bits per heavy atom. The lowest BCUT2D eigenvalue weighted by atomic mass is 9.68. The van der Waals surface area contributed by atoms with E-state index in [9.17, 15) is 0 Å². The molecule has 1 saturated carbocycles. The molecule has 0 radical (unpaired) electrons. The topological polar surface area (TPSA) is 0 Å². The highest BCUT2D eigenvalue weighted by atomic mass is 14.5. The van der Waals surface area contributed by atoms with E-state index in [1.165, 1.54) is 19.3 Å². The van der Waals surface area contributed by atoms with Crippen LogP contribution in [0.25, 0.3) is 0 Å². The largest absolute Gasteiger partial charge is 0.0654 e. The molecule has 0 nitrogen and oxygen atoms in total. The fourth-order valence-corrected chi connectivity index (χ4v) is 3.47. The van der Waals surface area contributed by atoms with Crippen LogP contribution in [0.4, 0.5) is 0 Å². The average Bonchev–Trinajstić information content (AvgIpc) is 2.82. The van der Waals surface area contributed by atoms with Crippen LogP contribution in [-0.2, 0) is 0 Å². The van der Waals surface area contributed by atoms with Gasteiger partial charge in [-0.2, -0.15) is 0 Å². The van der Waals surface area contributed by atoms with Gasteiger partial charge in [-0.1, -0.05) is 61.3 Å². The van der Waals surface area contributed by atoms with E-state index in [-0.39, 0.29) is 0 Å². The molecule has 1 fully saturated rings. The third kappa shape index (κ3) is 3.25. The van der Waals surface area contributed by atoms with Crippen molar-refractivity contribution in [2.24, 2.45) is 35.0 Å². The molecule has 0 amide bonds. The molecule has 1 aliphatic carbocycles. The first-order chi connectivity index (χ1) is 7.29. The summed E-state index contributed by atoms with van der Waals surface area (Å²) < 4.78 is 0. The molecule has 4 unspecified atom stereocenters. The highest BCUT2D eigenvalue weighted by Gasteiger charge is 2.46. The molecule has 96 valence electrons. The third-order valence-electron chi connectivity index (χ3n) is 4.84. The zero-order chi connectivity index (χ0) is 12.5. The van der Waals surface area contributed by atoms with Crippen LogP contribution >= 0.6 is 0 Å². The van der Waals surface area contributed by atoms with Crippen LogP contribution < -0.4 is 0 Å². The first-order valence-electron chi connectivity index (χ1n) is 7.29. The van der Waals surface area contributed by atoms with Crippen molar-refractivity contribution in [1.82, 2.24) is 0 Å². The molecule has 0 aromatic rings. The van der Waals surface area contributed by atoms with Crippen molar-refractivity contribution in [2.45, 2.75) is 67.7 Å². The maximum Gasteiger partial charge on any atom is -0.0329 e. The van der Waals surface area contributed by atoms with Gasteiger partial charge in [0.1, 0.15) is 0 Å². The minimum absolute atomic E-state index is 0.467. The monoisotopic (exact) mass is 224 g/mol. The first-order valence-corrected chi connectivity index (χ1v) is 7.29. The maximum atomic E-state index is 2.48. The minimum Gasteiger partial charge on any atom is -0.0654 e. The van der Waals surface area contributed by atoms with E-state index in [1.54, 1.807) is 0 Å². The normalized spacial score (nSPS) is 29.2. The predicted molar refractivity (Wildman–Crippen MR) is 73.5 cm³/mol. The molecule has 0 aliphatic heterocycles. The van der Waals surface area contributed by atoms with Crippen molar-refractivity contribution < 1.29 is 0 Å². The fourth-order valence-electron chi connectivity index (χ4n) is 3.47. The van der Waals surface area contributed by atoms with E-state index < -0.39 is 0 Å². The van der Waals surface area contributed by atoms with E-state index in [2.05, 4.69) is 48.5 Å². The van der Waals surface area contributed by atoms with Crippen LogP contribution in [0.2, 0.25) is 0 Å². The van der Waals surface area contributed by atoms with E-state index in [1.807, 2.05) is 0 Å². The van der Waals surface area contributed by atoms with Gasteiger partial charge in [-0.05, 0) is 41.4 Å². The molecule has 0 aromatic heterocycles. The van der Waals surface area contributed by atoms with Crippen LogP contribution in [-0.4, -0.2) is 0 Å². The zero-order valence-corrected chi connectivity index (χ0v) is 12.5. The Bertz CT molecular complexity index is 209. The lowest BCUT2D eigenvalue weighted by molar-refractivity contribution is 0.115. The average molecular weight is 224 g/mol. The molecule has 0 bridgehead atoms. The molecule has 0 heteroatoms. The smallest absolute Gasteiger partial charge is 0.0329 e. The summed E-state index contributed by atoms with van der Waals surface area (Å²) in [6.45, 7) is 16.9. The molecule has 0 aromatic carbocycles. The van der Waals surface area contributed by atoms with Gasteiger partial charge in [0.25, 0.3) is 0 Å². The van der Waals surface area contributed by atoms with Crippen LogP contribution in [0.5, 0.6) is 0 Å². The molecule has 0 saturated heterocycles. The standard InChI is InChI=1S/C16H32/c1-8-9-13-10-14(13)15(11(2)3)12(4)16(5,6)7/h11-15H,8-10H2,1-7H3. The lowest BCUT2D eigenvalue weighted by Gasteiger charge is -2.37. The Morgan fingerprint density at radius 3 is 2.06 bits per heavy atom. The van der Waals surface area contributed by atoms with Gasteiger partial charge >= 0.3 is 0 Å². The maximum absolute atomic E-state index is 2.48. The second kappa shape index (κ2) is 5.10. The Kier molecular flexibility index (Phi) is 4.49. The van der Waals surface area contributed by atoms with Crippen molar-refractivity contribution in [1.29, 1.82) is 0 Å². The van der Waals surface area contributed by atoms with Gasteiger partial charge in [0.15, 0.2) is 0 Å². The molecule has 0 N–H and O–H groups in total. The predicted octanol–water partition coefficient (Wildman–Crippen LogP) is 5.38. The molecule has 0 spiro atoms. The van der Waals surface area contributed by atoms with Gasteiger partial charge in [-0.25, -0.2) is 0 Å². The van der Waals surface area contributed by atoms with Gasteiger partial charge < -0.3 is 0 Å². The van der Waals surface area contributed by atoms with Crippen LogP contribution in [0.1, 0.15) is 67.7 Å². The summed E-state index contributed by atoms with van der Waals surface area (Å²) in [6, 6.07) is 0. The summed E-state index contributed by atoms with van der Waals surface area (Å²) in [4.78, 5) is 0. The minimum atomic E-state index is 0.467. The van der Waals surface area contributed by atoms with Crippen molar-refractivity contribution >= 4 is 0 Å². The summed E-state index contributed by atoms with van der Waals surface area (Å²) >= 11 is 0. The Hall–Kier alpha value is 0. The van der Waals surface area contributed by atoms with Gasteiger partial charge in [0.05, 0.1) is 0 Å². The number of rotatable bonds is 5. The van der Waals surface area contributed by atoms with Crippen molar-refractivity contribution in [3.8, 4) is 0 Å². The number of hydrogen-bond acceptors (Lipinski definition) is 0. The van der Waals surface area contributed by atoms with Crippen LogP contribution in [0.3, 0.4) is 0 Å². The first kappa shape index (κ1) is 14.1. The van der Waals surface area contributed by atoms with E-state index >= 15 is 0 Å². The molecular weight excluding hydrogens is 192 g/mol. The highest BCUT2D eigenvalue weighted by molar-refractivity contribution is 4.95. The Labute approximate surface area is 103 Å². The zero-order valence-electron chi connectivity index (χ0n) is 12.5. The van der Waals surface area contributed by atoms with E-state index in [0.717, 1.165) is 29.6 Å². The van der Waals surface area contributed by atoms with Crippen molar-refractivity contribution in [2.75, 3.05) is 0 Å². The molecule has 4 atom stereocenters. The quantitative estimate of drug-likeness (QED) is 0.588. The van der Waals surface area contributed by atoms with Crippen LogP contribution in [0, 0.1) is 35.0 Å². The summed E-state index contributed by atoms with van der Waals surface area (Å²) in [7, 11) is 0. The van der Waals surface area contributed by atoms with Crippen molar-refractivity contribution in [3.63, 3.8) is 0 Å². The summed E-state index contributed by atoms with van der Waals surface area (Å²) in [5.74, 6) is 4.73. The third-order valence-corrected chi connectivity index (χ3v) is 4.84. The second-order valence-corrected chi connectivity index (χ2v) is 7.42. The molecule has 0 heterocycles. The van der Waals surface area contributed by atoms with Gasteiger partial charge in [-0.3, -0.25) is 0 Å². The van der Waals surface area contributed by atoms with E-state index in [0.29, 0.717) is 5.41 Å². The van der Waals surface area contributed by atoms with Crippen molar-refractivity contribution in [3.05, 3.63) is 0 Å². The molecular formula is C16H32. The van der Waals surface area contributed by atoms with Gasteiger partial charge in [0, 0.05) is 0 Å². The highest BCUT2D eigenvalue weighted by Crippen LogP contribution is 2.54. The Morgan fingerprint density at radius 1 is 1.12 bits per heavy atom. The molecule has 16 heavy (non-hydrogen) atoms. The fraction of sp³-hybridized carbons (Fsp3) is 1.00. The SMILES string of the molecule is CCCC1CC1C(C(C)C)C(C)C(C)(C)C. The lowest BCUT2D eigenvalue weighted by Crippen LogP contribution is -2.30. The van der Waals surface area contributed by atoms with E-state index in [4.69, 9.17) is 0 Å². The second-order valence-electron chi connectivity index (χ2n) is 7.42. The van der Waals surface area contributed by atoms with Gasteiger partial charge in [-0.15, -0.1) is 0 Å². The summed E-state index contributed by atoms with van der Waals surface area (Å²) in [5.41, 5.74) is 0.467. The number of hydrogen-bond donors (Lipinski definition) is 0. The van der Waals surface area contributed by atoms with Crippen LogP contribution in [0.15, 0.2) is 0 Å². The summed E-state index contributed by atoms with van der Waals surface area (Å²) in [6.07, 6.45) is 4.34.